The number of nitrogens with one attached hydrogen (secondary N) is 1. The lowest BCUT2D eigenvalue weighted by molar-refractivity contribution is 0.104. The normalized spacial score (nSPS) is 25.2. The van der Waals surface area contributed by atoms with Gasteiger partial charge in [0.1, 0.15) is 0 Å². The van der Waals surface area contributed by atoms with E-state index in [2.05, 4.69) is 24.1 Å². The minimum atomic E-state index is -0.306. The summed E-state index contributed by atoms with van der Waals surface area (Å²) in [5.41, 5.74) is 5.62. The van der Waals surface area contributed by atoms with Gasteiger partial charge in [0.05, 0.1) is 6.61 Å². The number of amides is 1. The first-order valence-corrected chi connectivity index (χ1v) is 6.92. The average molecular weight is 257 g/mol. The van der Waals surface area contributed by atoms with Crippen LogP contribution in [0.5, 0.6) is 0 Å². The topological polar surface area (TPSA) is 67.6 Å². The highest BCUT2D eigenvalue weighted by Gasteiger charge is 2.29. The molecule has 0 saturated carbocycles. The van der Waals surface area contributed by atoms with Crippen LogP contribution >= 0.6 is 0 Å². The number of piperidine rings is 1. The van der Waals surface area contributed by atoms with Crippen LogP contribution in [-0.2, 0) is 4.74 Å². The Balaban J connectivity index is 2.52. The van der Waals surface area contributed by atoms with Crippen molar-refractivity contribution in [2.45, 2.75) is 33.2 Å². The Morgan fingerprint density at radius 2 is 2.22 bits per heavy atom. The van der Waals surface area contributed by atoms with Crippen molar-refractivity contribution in [1.29, 1.82) is 0 Å². The van der Waals surface area contributed by atoms with E-state index in [4.69, 9.17) is 10.5 Å². The lowest BCUT2D eigenvalue weighted by Gasteiger charge is -2.39. The molecule has 1 aliphatic heterocycles. The molecule has 18 heavy (non-hydrogen) atoms. The van der Waals surface area contributed by atoms with Gasteiger partial charge in [-0.15, -0.1) is 0 Å². The van der Waals surface area contributed by atoms with Crippen LogP contribution < -0.4 is 11.1 Å². The quantitative estimate of drug-likeness (QED) is 0.772. The van der Waals surface area contributed by atoms with Gasteiger partial charge in [-0.3, -0.25) is 4.90 Å². The first-order chi connectivity index (χ1) is 8.56. The molecule has 5 heteroatoms. The number of rotatable bonds is 5. The van der Waals surface area contributed by atoms with E-state index in [0.717, 1.165) is 26.1 Å². The maximum absolute atomic E-state index is 11.5. The Kier molecular flexibility index (Phi) is 6.43. The highest BCUT2D eigenvalue weighted by molar-refractivity contribution is 5.67. The van der Waals surface area contributed by atoms with Gasteiger partial charge in [0, 0.05) is 32.2 Å². The van der Waals surface area contributed by atoms with Gasteiger partial charge in [0.25, 0.3) is 0 Å². The van der Waals surface area contributed by atoms with E-state index in [-0.39, 0.29) is 12.1 Å². The standard InChI is InChI=1S/C13H27N3O2/c1-4-18-13(17)15-12-7-11(10(2)3)8-16(9-12)6-5-14/h10-12H,4-9,14H2,1-3H3,(H,15,17). The largest absolute Gasteiger partial charge is 0.450 e. The fraction of sp³-hybridized carbons (Fsp3) is 0.923. The average Bonchev–Trinajstić information content (AvgIpc) is 2.29. The first-order valence-electron chi connectivity index (χ1n) is 6.92. The Hall–Kier alpha value is -0.810. The molecule has 0 aromatic rings. The van der Waals surface area contributed by atoms with Crippen molar-refractivity contribution >= 4 is 6.09 Å². The summed E-state index contributed by atoms with van der Waals surface area (Å²) in [5.74, 6) is 1.23. The van der Waals surface area contributed by atoms with Gasteiger partial charge >= 0.3 is 6.09 Å². The molecule has 0 aliphatic carbocycles. The molecule has 5 nitrogen and oxygen atoms in total. The van der Waals surface area contributed by atoms with Crippen LogP contribution in [0.4, 0.5) is 4.79 Å². The van der Waals surface area contributed by atoms with Crippen LogP contribution in [0.3, 0.4) is 0 Å². The summed E-state index contributed by atoms with van der Waals surface area (Å²) < 4.78 is 4.94. The lowest BCUT2D eigenvalue weighted by atomic mass is 9.85. The number of hydrogen-bond acceptors (Lipinski definition) is 4. The molecule has 106 valence electrons. The molecule has 1 amide bonds. The predicted molar refractivity (Wildman–Crippen MR) is 72.4 cm³/mol. The molecule has 0 radical (unpaired) electrons. The van der Waals surface area contributed by atoms with Crippen LogP contribution in [0.15, 0.2) is 0 Å². The van der Waals surface area contributed by atoms with Gasteiger partial charge in [-0.05, 0) is 25.2 Å². The third-order valence-corrected chi connectivity index (χ3v) is 3.54. The van der Waals surface area contributed by atoms with Gasteiger partial charge in [-0.1, -0.05) is 13.8 Å². The number of hydrogen-bond donors (Lipinski definition) is 2. The van der Waals surface area contributed by atoms with E-state index in [1.165, 1.54) is 0 Å². The third kappa shape index (κ3) is 4.82. The van der Waals surface area contributed by atoms with Crippen LogP contribution in [0, 0.1) is 11.8 Å². The highest BCUT2D eigenvalue weighted by Crippen LogP contribution is 2.23. The summed E-state index contributed by atoms with van der Waals surface area (Å²) in [5, 5.41) is 2.95. The summed E-state index contributed by atoms with van der Waals surface area (Å²) >= 11 is 0. The SMILES string of the molecule is CCOC(=O)NC1CC(C(C)C)CN(CCN)C1. The molecular weight excluding hydrogens is 230 g/mol. The van der Waals surface area contributed by atoms with Crippen LogP contribution in [0.2, 0.25) is 0 Å². The zero-order valence-electron chi connectivity index (χ0n) is 11.8. The number of alkyl carbamates (subject to hydrolysis) is 1. The Morgan fingerprint density at radius 3 is 2.78 bits per heavy atom. The van der Waals surface area contributed by atoms with Gasteiger partial charge in [0.2, 0.25) is 0 Å². The zero-order chi connectivity index (χ0) is 13.5. The maximum atomic E-state index is 11.5. The minimum absolute atomic E-state index is 0.178. The van der Waals surface area contributed by atoms with Gasteiger partial charge in [-0.25, -0.2) is 4.79 Å². The highest BCUT2D eigenvalue weighted by atomic mass is 16.5. The van der Waals surface area contributed by atoms with E-state index in [0.29, 0.717) is 25.0 Å². The first kappa shape index (κ1) is 15.2. The summed E-state index contributed by atoms with van der Waals surface area (Å²) in [7, 11) is 0. The summed E-state index contributed by atoms with van der Waals surface area (Å²) in [6.07, 6.45) is 0.719. The Bertz CT molecular complexity index is 259. The third-order valence-electron chi connectivity index (χ3n) is 3.54. The van der Waals surface area contributed by atoms with Crippen LogP contribution in [-0.4, -0.2) is 49.8 Å². The van der Waals surface area contributed by atoms with Gasteiger partial charge in [0.15, 0.2) is 0 Å². The maximum Gasteiger partial charge on any atom is 0.407 e. The van der Waals surface area contributed by atoms with Crippen molar-refractivity contribution in [2.24, 2.45) is 17.6 Å². The summed E-state index contributed by atoms with van der Waals surface area (Å²) in [4.78, 5) is 13.8. The molecule has 3 N–H and O–H groups in total. The van der Waals surface area contributed by atoms with Crippen LogP contribution in [0.1, 0.15) is 27.2 Å². The number of ether oxygens (including phenoxy) is 1. The lowest BCUT2D eigenvalue weighted by Crippen LogP contribution is -2.52. The Morgan fingerprint density at radius 1 is 1.50 bits per heavy atom. The number of carbonyl (C=O) groups is 1. The second-order valence-electron chi connectivity index (χ2n) is 5.35. The molecule has 0 bridgehead atoms. The van der Waals surface area contributed by atoms with Gasteiger partial charge < -0.3 is 15.8 Å². The molecule has 0 spiro atoms. The molecule has 1 rings (SSSR count). The van der Waals surface area contributed by atoms with Crippen molar-refractivity contribution in [1.82, 2.24) is 10.2 Å². The van der Waals surface area contributed by atoms with E-state index < -0.39 is 0 Å². The van der Waals surface area contributed by atoms with E-state index >= 15 is 0 Å². The van der Waals surface area contributed by atoms with Crippen molar-refractivity contribution < 1.29 is 9.53 Å². The summed E-state index contributed by atoms with van der Waals surface area (Å²) in [6.45, 7) is 10.2. The van der Waals surface area contributed by atoms with E-state index in [1.807, 2.05) is 6.92 Å². The van der Waals surface area contributed by atoms with Crippen molar-refractivity contribution in [2.75, 3.05) is 32.8 Å². The zero-order valence-corrected chi connectivity index (χ0v) is 11.8. The fourth-order valence-electron chi connectivity index (χ4n) is 2.52. The fourth-order valence-corrected chi connectivity index (χ4v) is 2.52. The van der Waals surface area contributed by atoms with E-state index in [1.54, 1.807) is 0 Å². The molecule has 2 atom stereocenters. The number of likely N-dealkylation sites (tertiary alicyclic amines) is 1. The second-order valence-corrected chi connectivity index (χ2v) is 5.35. The minimum Gasteiger partial charge on any atom is -0.450 e. The van der Waals surface area contributed by atoms with Gasteiger partial charge in [-0.2, -0.15) is 0 Å². The molecule has 0 aromatic heterocycles. The molecule has 2 unspecified atom stereocenters. The Labute approximate surface area is 110 Å². The predicted octanol–water partition coefficient (Wildman–Crippen LogP) is 1.04. The van der Waals surface area contributed by atoms with Crippen LogP contribution in [0.25, 0.3) is 0 Å². The second kappa shape index (κ2) is 7.59. The molecule has 1 aliphatic rings. The molecule has 1 heterocycles. The van der Waals surface area contributed by atoms with Crippen molar-refractivity contribution in [3.05, 3.63) is 0 Å². The number of nitrogens with two attached hydrogens (primary N) is 1. The monoisotopic (exact) mass is 257 g/mol. The smallest absolute Gasteiger partial charge is 0.407 e. The van der Waals surface area contributed by atoms with Crippen molar-refractivity contribution in [3.8, 4) is 0 Å². The number of carbonyl (C=O) groups excluding carboxylic acids is 1. The molecule has 0 aromatic carbocycles. The summed E-state index contributed by atoms with van der Waals surface area (Å²) in [6, 6.07) is 0.178. The van der Waals surface area contributed by atoms with Crippen molar-refractivity contribution in [3.63, 3.8) is 0 Å². The molecular formula is C13H27N3O2. The molecule has 1 saturated heterocycles. The molecule has 1 fully saturated rings. The number of nitrogens with zero attached hydrogens (tertiary/aromatic N) is 1. The van der Waals surface area contributed by atoms with E-state index in [9.17, 15) is 4.79 Å².